The molecule has 0 heterocycles. The van der Waals surface area contributed by atoms with Crippen molar-refractivity contribution >= 4 is 58.1 Å². The first-order valence-electron chi connectivity index (χ1n) is 9.50. The number of anilines is 1. The topological polar surface area (TPSA) is 188 Å². The summed E-state index contributed by atoms with van der Waals surface area (Å²) in [6.07, 6.45) is -1.10. The molecule has 0 spiro atoms. The molecule has 5 N–H and O–H groups in total. The van der Waals surface area contributed by atoms with Crippen molar-refractivity contribution in [3.63, 3.8) is 0 Å². The van der Waals surface area contributed by atoms with E-state index in [9.17, 15) is 29.3 Å². The minimum atomic E-state index is -1.10. The van der Waals surface area contributed by atoms with Gasteiger partial charge in [-0.3, -0.25) is 29.4 Å². The average molecular weight is 512 g/mol. The van der Waals surface area contributed by atoms with Crippen LogP contribution in [-0.4, -0.2) is 59.6 Å². The van der Waals surface area contributed by atoms with Crippen LogP contribution >= 0.6 is 23.2 Å². The number of hydrogen-bond donors (Lipinski definition) is 3. The first-order valence-corrected chi connectivity index (χ1v) is 10.3. The fraction of sp³-hybridized carbons (Fsp3) is 0.200. The molecule has 0 aliphatic rings. The molecule has 0 saturated carbocycles. The van der Waals surface area contributed by atoms with E-state index < -0.39 is 41.6 Å². The number of nitrogens with zero attached hydrogens (tertiary/aromatic N) is 2. The lowest BCUT2D eigenvalue weighted by Crippen LogP contribution is -2.43. The van der Waals surface area contributed by atoms with Gasteiger partial charge >= 0.3 is 6.09 Å². The molecule has 0 fully saturated rings. The van der Waals surface area contributed by atoms with E-state index in [4.69, 9.17) is 39.4 Å². The highest BCUT2D eigenvalue weighted by atomic mass is 35.5. The van der Waals surface area contributed by atoms with Gasteiger partial charge < -0.3 is 21.5 Å². The number of nitrogens with one attached hydrogen (secondary N) is 1. The van der Waals surface area contributed by atoms with Crippen LogP contribution in [0.4, 0.5) is 16.2 Å². The summed E-state index contributed by atoms with van der Waals surface area (Å²) in [4.78, 5) is 59.9. The standard InChI is InChI=1S/C20H19Cl2N5O7/c21-11-1-4-18(34-20(31)26(9-13(28)7-23)10-14(29)8-24)15(5-11)19(30)25-17-3-2-12(27(32)33)6-16(17)22/h1-6H,7-10,23-24H2,(H,25,30). The van der Waals surface area contributed by atoms with E-state index in [2.05, 4.69) is 5.32 Å². The molecule has 0 aromatic heterocycles. The number of benzene rings is 2. The van der Waals surface area contributed by atoms with Crippen LogP contribution in [-0.2, 0) is 9.59 Å². The third-order valence-corrected chi connectivity index (χ3v) is 4.79. The third-order valence-electron chi connectivity index (χ3n) is 4.24. The van der Waals surface area contributed by atoms with Gasteiger partial charge in [0, 0.05) is 17.2 Å². The molecule has 0 bridgehead atoms. The van der Waals surface area contributed by atoms with Crippen molar-refractivity contribution in [2.24, 2.45) is 11.5 Å². The molecule has 0 saturated heterocycles. The maximum atomic E-state index is 12.8. The number of carbonyl (C=O) groups is 4. The molecule has 0 radical (unpaired) electrons. The number of amides is 2. The van der Waals surface area contributed by atoms with Crippen molar-refractivity contribution < 1.29 is 28.8 Å². The zero-order chi connectivity index (χ0) is 25.4. The number of hydrogen-bond acceptors (Lipinski definition) is 9. The van der Waals surface area contributed by atoms with Gasteiger partial charge in [-0.2, -0.15) is 0 Å². The van der Waals surface area contributed by atoms with Gasteiger partial charge in [0.05, 0.1) is 47.4 Å². The second-order valence-corrected chi connectivity index (χ2v) is 7.57. The number of ketones is 2. The second-order valence-electron chi connectivity index (χ2n) is 6.73. The number of nitro groups is 1. The third kappa shape index (κ3) is 7.22. The van der Waals surface area contributed by atoms with Gasteiger partial charge in [-0.1, -0.05) is 23.2 Å². The van der Waals surface area contributed by atoms with Crippen LogP contribution in [0.25, 0.3) is 0 Å². The van der Waals surface area contributed by atoms with Crippen molar-refractivity contribution in [1.29, 1.82) is 0 Å². The van der Waals surface area contributed by atoms with E-state index in [1.54, 1.807) is 0 Å². The summed E-state index contributed by atoms with van der Waals surface area (Å²) in [5, 5.41) is 13.3. The highest BCUT2D eigenvalue weighted by molar-refractivity contribution is 6.34. The summed E-state index contributed by atoms with van der Waals surface area (Å²) < 4.78 is 5.25. The van der Waals surface area contributed by atoms with Crippen molar-refractivity contribution in [2.45, 2.75) is 0 Å². The molecular weight excluding hydrogens is 493 g/mol. The predicted octanol–water partition coefficient (Wildman–Crippen LogP) is 2.01. The number of nitrogens with two attached hydrogens (primary N) is 2. The van der Waals surface area contributed by atoms with Crippen LogP contribution in [0.2, 0.25) is 10.0 Å². The van der Waals surface area contributed by atoms with Crippen LogP contribution in [0, 0.1) is 10.1 Å². The molecule has 2 aromatic rings. The smallest absolute Gasteiger partial charge is 0.409 e. The van der Waals surface area contributed by atoms with Gasteiger partial charge in [-0.25, -0.2) is 4.79 Å². The summed E-state index contributed by atoms with van der Waals surface area (Å²) in [6.45, 7) is -1.75. The van der Waals surface area contributed by atoms with Crippen LogP contribution in [0.5, 0.6) is 5.75 Å². The molecule has 0 unspecified atom stereocenters. The lowest BCUT2D eigenvalue weighted by molar-refractivity contribution is -0.384. The molecule has 0 aliphatic heterocycles. The van der Waals surface area contributed by atoms with E-state index in [-0.39, 0.29) is 45.8 Å². The number of carbonyl (C=O) groups excluding carboxylic acids is 4. The molecule has 2 rings (SSSR count). The summed E-state index contributed by atoms with van der Waals surface area (Å²) in [5.74, 6) is -2.12. The second kappa shape index (κ2) is 12.0. The fourth-order valence-corrected chi connectivity index (χ4v) is 2.97. The van der Waals surface area contributed by atoms with Gasteiger partial charge in [0.1, 0.15) is 5.75 Å². The quantitative estimate of drug-likeness (QED) is 0.316. The summed E-state index contributed by atoms with van der Waals surface area (Å²) >= 11 is 12.0. The first-order chi connectivity index (χ1) is 16.0. The summed E-state index contributed by atoms with van der Waals surface area (Å²) in [5.41, 5.74) is 10.1. The highest BCUT2D eigenvalue weighted by Gasteiger charge is 2.24. The molecule has 0 atom stereocenters. The minimum Gasteiger partial charge on any atom is -0.409 e. The van der Waals surface area contributed by atoms with E-state index in [1.807, 2.05) is 0 Å². The Kier molecular flexibility index (Phi) is 9.45. The first kappa shape index (κ1) is 26.7. The Balaban J connectivity index is 2.30. The van der Waals surface area contributed by atoms with Gasteiger partial charge in [-0.15, -0.1) is 0 Å². The SMILES string of the molecule is NCC(=O)CN(CC(=O)CN)C(=O)Oc1ccc(Cl)cc1C(=O)Nc1ccc([N+](=O)[O-])cc1Cl. The Bertz CT molecular complexity index is 1120. The molecule has 180 valence electrons. The lowest BCUT2D eigenvalue weighted by Gasteiger charge is -2.21. The molecule has 2 amide bonds. The van der Waals surface area contributed by atoms with Crippen molar-refractivity contribution in [3.8, 4) is 5.75 Å². The normalized spacial score (nSPS) is 10.4. The Hall–Kier alpha value is -3.58. The van der Waals surface area contributed by atoms with E-state index in [0.29, 0.717) is 0 Å². The number of nitro benzene ring substituents is 1. The fourth-order valence-electron chi connectivity index (χ4n) is 2.58. The number of halogens is 2. The summed E-state index contributed by atoms with van der Waals surface area (Å²) in [6, 6.07) is 7.21. The van der Waals surface area contributed by atoms with E-state index >= 15 is 0 Å². The Labute approximate surface area is 202 Å². The number of rotatable bonds is 10. The van der Waals surface area contributed by atoms with Crippen LogP contribution in [0.3, 0.4) is 0 Å². The maximum absolute atomic E-state index is 12.8. The number of non-ortho nitro benzene ring substituents is 1. The number of Topliss-reactive ketones (excluding diaryl/α,β-unsaturated/α-hetero) is 2. The van der Waals surface area contributed by atoms with Crippen molar-refractivity contribution in [3.05, 3.63) is 62.1 Å². The maximum Gasteiger partial charge on any atom is 0.416 e. The average Bonchev–Trinajstić information content (AvgIpc) is 2.80. The highest BCUT2D eigenvalue weighted by Crippen LogP contribution is 2.29. The van der Waals surface area contributed by atoms with Gasteiger partial charge in [0.15, 0.2) is 11.6 Å². The van der Waals surface area contributed by atoms with Crippen molar-refractivity contribution in [2.75, 3.05) is 31.5 Å². The van der Waals surface area contributed by atoms with E-state index in [1.165, 1.54) is 24.3 Å². The van der Waals surface area contributed by atoms with Crippen molar-refractivity contribution in [1.82, 2.24) is 4.90 Å². The van der Waals surface area contributed by atoms with Crippen LogP contribution in [0.1, 0.15) is 10.4 Å². The molecule has 2 aromatic carbocycles. The monoisotopic (exact) mass is 511 g/mol. The zero-order valence-electron chi connectivity index (χ0n) is 17.5. The largest absolute Gasteiger partial charge is 0.416 e. The predicted molar refractivity (Wildman–Crippen MR) is 123 cm³/mol. The Morgan fingerprint density at radius 2 is 1.62 bits per heavy atom. The Morgan fingerprint density at radius 1 is 1.00 bits per heavy atom. The zero-order valence-corrected chi connectivity index (χ0v) is 19.0. The lowest BCUT2D eigenvalue weighted by atomic mass is 10.1. The Morgan fingerprint density at radius 3 is 2.15 bits per heavy atom. The molecule has 0 aliphatic carbocycles. The molecule has 34 heavy (non-hydrogen) atoms. The van der Waals surface area contributed by atoms with Gasteiger partial charge in [-0.05, 0) is 24.3 Å². The van der Waals surface area contributed by atoms with Crippen LogP contribution in [0.15, 0.2) is 36.4 Å². The molecular formula is C20H19Cl2N5O7. The van der Waals surface area contributed by atoms with Gasteiger partial charge in [0.25, 0.3) is 11.6 Å². The molecule has 12 nitrogen and oxygen atoms in total. The molecule has 14 heteroatoms. The van der Waals surface area contributed by atoms with Crippen LogP contribution < -0.4 is 21.5 Å². The van der Waals surface area contributed by atoms with E-state index in [0.717, 1.165) is 17.0 Å². The minimum absolute atomic E-state index is 0.0539. The number of ether oxygens (including phenoxy) is 1. The van der Waals surface area contributed by atoms with Gasteiger partial charge in [0.2, 0.25) is 0 Å². The summed E-state index contributed by atoms with van der Waals surface area (Å²) in [7, 11) is 0.